The maximum atomic E-state index is 13.5. The van der Waals surface area contributed by atoms with Gasteiger partial charge in [0, 0.05) is 18.5 Å². The van der Waals surface area contributed by atoms with Crippen molar-refractivity contribution in [2.75, 3.05) is 13.1 Å². The number of para-hydroxylation sites is 2. The van der Waals surface area contributed by atoms with Crippen LogP contribution in [0.25, 0.3) is 11.0 Å². The fraction of sp³-hybridized carbons (Fsp3) is 0.321. The third kappa shape index (κ3) is 4.55. The van der Waals surface area contributed by atoms with Gasteiger partial charge in [0.2, 0.25) is 0 Å². The number of benzene rings is 3. The first-order chi connectivity index (χ1) is 16.6. The highest BCUT2D eigenvalue weighted by Crippen LogP contribution is 2.30. The number of imidazole rings is 1. The molecule has 3 aromatic carbocycles. The molecule has 0 unspecified atom stereocenters. The third-order valence-electron chi connectivity index (χ3n) is 6.96. The van der Waals surface area contributed by atoms with Crippen molar-refractivity contribution in [3.8, 4) is 0 Å². The number of piperidine rings is 1. The van der Waals surface area contributed by atoms with E-state index >= 15 is 0 Å². The molecule has 5 rings (SSSR count). The molecule has 1 aliphatic rings. The minimum absolute atomic E-state index is 0.00493. The average molecular weight is 462 g/mol. The Hall–Kier alpha value is -3.25. The summed E-state index contributed by atoms with van der Waals surface area (Å²) < 4.78 is 30.9. The topological polar surface area (TPSA) is 39.0 Å². The van der Waals surface area contributed by atoms with E-state index in [9.17, 15) is 13.6 Å². The number of fused-ring (bicyclic) bond motifs is 1. The van der Waals surface area contributed by atoms with Gasteiger partial charge < -0.3 is 5.32 Å². The van der Waals surface area contributed by atoms with Crippen LogP contribution in [0.2, 0.25) is 0 Å². The van der Waals surface area contributed by atoms with E-state index in [-0.39, 0.29) is 29.3 Å². The number of halogens is 2. The maximum absolute atomic E-state index is 13.5. The van der Waals surface area contributed by atoms with E-state index in [0.717, 1.165) is 60.9 Å². The van der Waals surface area contributed by atoms with E-state index in [1.807, 2.05) is 33.4 Å². The molecular formula is C28H29F2N3O. The summed E-state index contributed by atoms with van der Waals surface area (Å²) in [4.78, 5) is 13.5. The molecule has 4 nitrogen and oxygen atoms in total. The van der Waals surface area contributed by atoms with Crippen molar-refractivity contribution in [1.82, 2.24) is 14.5 Å². The average Bonchev–Trinajstić information content (AvgIpc) is 3.15. The molecule has 34 heavy (non-hydrogen) atoms. The Morgan fingerprint density at radius 2 is 1.38 bits per heavy atom. The number of aromatic nitrogens is 2. The molecule has 1 aliphatic heterocycles. The number of nitrogens with zero attached hydrogens (tertiary/aromatic N) is 2. The fourth-order valence-corrected chi connectivity index (χ4v) is 5.24. The molecule has 1 fully saturated rings. The summed E-state index contributed by atoms with van der Waals surface area (Å²) >= 11 is 0. The highest BCUT2D eigenvalue weighted by atomic mass is 19.1. The van der Waals surface area contributed by atoms with E-state index in [2.05, 4.69) is 5.32 Å². The van der Waals surface area contributed by atoms with Gasteiger partial charge >= 0.3 is 5.69 Å². The predicted octanol–water partition coefficient (Wildman–Crippen LogP) is 5.62. The number of hydrogen-bond acceptors (Lipinski definition) is 2. The normalized spacial score (nSPS) is 14.8. The van der Waals surface area contributed by atoms with Gasteiger partial charge in [-0.2, -0.15) is 0 Å². The Labute approximate surface area is 197 Å². The first kappa shape index (κ1) is 22.5. The second-order valence-corrected chi connectivity index (χ2v) is 9.07. The van der Waals surface area contributed by atoms with Crippen molar-refractivity contribution < 1.29 is 8.78 Å². The van der Waals surface area contributed by atoms with Crippen LogP contribution in [0.5, 0.6) is 0 Å². The van der Waals surface area contributed by atoms with Crippen LogP contribution < -0.4 is 11.0 Å². The second-order valence-electron chi connectivity index (χ2n) is 9.07. The standard InChI is InChI=1S/C28H29F2N3O/c29-22-11-7-20(8-12-22)25(21-9-13-23(30)14-10-21)4-3-19-32-26-5-1-2-6-27(26)33(28(32)34)24-15-17-31-18-16-24/h1-2,5-14,24-25,31H,3-4,15-19H2. The number of hydrogen-bond donors (Lipinski definition) is 1. The molecule has 0 atom stereocenters. The summed E-state index contributed by atoms with van der Waals surface area (Å²) in [7, 11) is 0. The van der Waals surface area contributed by atoms with Crippen LogP contribution in [0.1, 0.15) is 48.8 Å². The summed E-state index contributed by atoms with van der Waals surface area (Å²) in [6.45, 7) is 2.44. The second kappa shape index (κ2) is 9.94. The van der Waals surface area contributed by atoms with Crippen LogP contribution in [0.4, 0.5) is 8.78 Å². The quantitative estimate of drug-likeness (QED) is 0.388. The van der Waals surface area contributed by atoms with E-state index in [1.165, 1.54) is 24.3 Å². The molecule has 0 spiro atoms. The van der Waals surface area contributed by atoms with Gasteiger partial charge in [0.15, 0.2) is 0 Å². The molecular weight excluding hydrogens is 432 g/mol. The van der Waals surface area contributed by atoms with Crippen LogP contribution in [0, 0.1) is 11.6 Å². The van der Waals surface area contributed by atoms with Crippen molar-refractivity contribution in [3.05, 3.63) is 106 Å². The molecule has 4 aromatic rings. The van der Waals surface area contributed by atoms with Crippen LogP contribution in [-0.2, 0) is 6.54 Å². The third-order valence-corrected chi connectivity index (χ3v) is 6.96. The van der Waals surface area contributed by atoms with E-state index < -0.39 is 0 Å². The van der Waals surface area contributed by atoms with Crippen molar-refractivity contribution >= 4 is 11.0 Å². The van der Waals surface area contributed by atoms with Crippen LogP contribution in [0.3, 0.4) is 0 Å². The van der Waals surface area contributed by atoms with E-state index in [0.29, 0.717) is 6.54 Å². The fourth-order valence-electron chi connectivity index (χ4n) is 5.24. The summed E-state index contributed by atoms with van der Waals surface area (Å²) in [5.41, 5.74) is 3.97. The van der Waals surface area contributed by atoms with Crippen LogP contribution >= 0.6 is 0 Å². The Morgan fingerprint density at radius 1 is 0.824 bits per heavy atom. The molecule has 0 amide bonds. The SMILES string of the molecule is O=c1n(CCCC(c2ccc(F)cc2)c2ccc(F)cc2)c2ccccc2n1C1CCNCC1. The van der Waals surface area contributed by atoms with Gasteiger partial charge in [0.25, 0.3) is 0 Å². The van der Waals surface area contributed by atoms with Crippen molar-refractivity contribution in [1.29, 1.82) is 0 Å². The van der Waals surface area contributed by atoms with Crippen molar-refractivity contribution in [3.63, 3.8) is 0 Å². The zero-order chi connectivity index (χ0) is 23.5. The highest BCUT2D eigenvalue weighted by Gasteiger charge is 2.22. The maximum Gasteiger partial charge on any atom is 0.329 e. The van der Waals surface area contributed by atoms with Gasteiger partial charge in [-0.3, -0.25) is 9.13 Å². The first-order valence-electron chi connectivity index (χ1n) is 12.0. The molecule has 176 valence electrons. The molecule has 1 N–H and O–H groups in total. The lowest BCUT2D eigenvalue weighted by atomic mass is 9.87. The lowest BCUT2D eigenvalue weighted by Gasteiger charge is -2.23. The minimum atomic E-state index is -0.279. The number of nitrogens with one attached hydrogen (secondary N) is 1. The van der Waals surface area contributed by atoms with Gasteiger partial charge in [0.1, 0.15) is 11.6 Å². The number of aryl methyl sites for hydroxylation is 1. The first-order valence-corrected chi connectivity index (χ1v) is 12.0. The summed E-state index contributed by atoms with van der Waals surface area (Å²) in [6.07, 6.45) is 3.42. The monoisotopic (exact) mass is 461 g/mol. The Balaban J connectivity index is 1.41. The molecule has 1 saturated heterocycles. The van der Waals surface area contributed by atoms with Gasteiger partial charge in [-0.15, -0.1) is 0 Å². The zero-order valence-corrected chi connectivity index (χ0v) is 19.1. The zero-order valence-electron chi connectivity index (χ0n) is 19.1. The molecule has 2 heterocycles. The largest absolute Gasteiger partial charge is 0.329 e. The van der Waals surface area contributed by atoms with Crippen LogP contribution in [-0.4, -0.2) is 22.2 Å². The highest BCUT2D eigenvalue weighted by molar-refractivity contribution is 5.76. The van der Waals surface area contributed by atoms with Gasteiger partial charge in [-0.1, -0.05) is 36.4 Å². The van der Waals surface area contributed by atoms with Gasteiger partial charge in [0.05, 0.1) is 11.0 Å². The molecule has 1 aromatic heterocycles. The Morgan fingerprint density at radius 3 is 1.97 bits per heavy atom. The van der Waals surface area contributed by atoms with E-state index in [4.69, 9.17) is 0 Å². The molecule has 6 heteroatoms. The van der Waals surface area contributed by atoms with Gasteiger partial charge in [-0.25, -0.2) is 13.6 Å². The van der Waals surface area contributed by atoms with Crippen molar-refractivity contribution in [2.24, 2.45) is 0 Å². The number of rotatable bonds is 7. The Kier molecular flexibility index (Phi) is 6.59. The van der Waals surface area contributed by atoms with Gasteiger partial charge in [-0.05, 0) is 86.3 Å². The smallest absolute Gasteiger partial charge is 0.317 e. The molecule has 0 aliphatic carbocycles. The summed E-state index contributed by atoms with van der Waals surface area (Å²) in [5, 5.41) is 3.37. The lowest BCUT2D eigenvalue weighted by molar-refractivity contribution is 0.364. The lowest BCUT2D eigenvalue weighted by Crippen LogP contribution is -2.35. The molecule has 0 bridgehead atoms. The molecule has 0 radical (unpaired) electrons. The molecule has 0 saturated carbocycles. The minimum Gasteiger partial charge on any atom is -0.317 e. The summed E-state index contributed by atoms with van der Waals surface area (Å²) in [6, 6.07) is 21.2. The van der Waals surface area contributed by atoms with Crippen molar-refractivity contribution in [2.45, 2.75) is 44.2 Å². The summed E-state index contributed by atoms with van der Waals surface area (Å²) in [5.74, 6) is -0.563. The van der Waals surface area contributed by atoms with E-state index in [1.54, 1.807) is 24.3 Å². The Bertz CT molecular complexity index is 1260. The van der Waals surface area contributed by atoms with Crippen LogP contribution in [0.15, 0.2) is 77.6 Å². The predicted molar refractivity (Wildman–Crippen MR) is 131 cm³/mol.